The number of piperazine rings is 1. The maximum atomic E-state index is 5.88. The maximum Gasteiger partial charge on any atom is 0.0349 e. The quantitative estimate of drug-likeness (QED) is 0.654. The van der Waals surface area contributed by atoms with Gasteiger partial charge in [-0.2, -0.15) is 0 Å². The molecule has 2 atom stereocenters. The molecule has 0 aromatic heterocycles. The topological polar surface area (TPSA) is 35.7 Å². The summed E-state index contributed by atoms with van der Waals surface area (Å²) < 4.78 is 0. The van der Waals surface area contributed by atoms with E-state index in [-0.39, 0.29) is 0 Å². The van der Waals surface area contributed by atoms with Crippen LogP contribution in [0.4, 0.5) is 0 Å². The van der Waals surface area contributed by atoms with Crippen molar-refractivity contribution in [3.63, 3.8) is 0 Å². The third-order valence-corrected chi connectivity index (χ3v) is 3.84. The molecule has 2 rings (SSSR count). The van der Waals surface area contributed by atoms with Gasteiger partial charge in [0.1, 0.15) is 0 Å². The van der Waals surface area contributed by atoms with Crippen LogP contribution in [0.15, 0.2) is 0 Å². The molecular weight excluding hydrogens is 188 g/mol. The van der Waals surface area contributed by atoms with Gasteiger partial charge in [-0.05, 0) is 27.1 Å². The van der Waals surface area contributed by atoms with Crippen LogP contribution in [-0.4, -0.2) is 80.1 Å². The third-order valence-electron chi connectivity index (χ3n) is 3.84. The van der Waals surface area contributed by atoms with E-state index in [1.54, 1.807) is 0 Å². The number of rotatable bonds is 2. The molecule has 2 saturated heterocycles. The predicted octanol–water partition coefficient (Wildman–Crippen LogP) is -0.735. The SMILES string of the molecule is CN1CCN(C2CCN(C)C2)C(CN)C1. The maximum absolute atomic E-state index is 5.88. The number of nitrogens with two attached hydrogens (primary N) is 1. The van der Waals surface area contributed by atoms with Gasteiger partial charge in [-0.25, -0.2) is 0 Å². The Bertz CT molecular complexity index is 207. The molecule has 0 aliphatic carbocycles. The first kappa shape index (κ1) is 11.3. The van der Waals surface area contributed by atoms with Gasteiger partial charge in [0.2, 0.25) is 0 Å². The van der Waals surface area contributed by atoms with E-state index in [0.717, 1.165) is 19.1 Å². The molecule has 2 heterocycles. The zero-order valence-corrected chi connectivity index (χ0v) is 10.0. The second kappa shape index (κ2) is 4.78. The number of hydrogen-bond acceptors (Lipinski definition) is 4. The van der Waals surface area contributed by atoms with Gasteiger partial charge in [0.15, 0.2) is 0 Å². The average molecular weight is 212 g/mol. The normalized spacial score (nSPS) is 36.2. The van der Waals surface area contributed by atoms with Gasteiger partial charge in [0.05, 0.1) is 0 Å². The number of nitrogens with zero attached hydrogens (tertiary/aromatic N) is 3. The van der Waals surface area contributed by atoms with Crippen LogP contribution in [0.2, 0.25) is 0 Å². The Morgan fingerprint density at radius 1 is 1.07 bits per heavy atom. The zero-order chi connectivity index (χ0) is 10.8. The molecular formula is C11H24N4. The average Bonchev–Trinajstić information content (AvgIpc) is 2.64. The van der Waals surface area contributed by atoms with Gasteiger partial charge in [-0.1, -0.05) is 0 Å². The number of hydrogen-bond donors (Lipinski definition) is 1. The Kier molecular flexibility index (Phi) is 3.61. The number of likely N-dealkylation sites (N-methyl/N-ethyl adjacent to an activating group) is 2. The van der Waals surface area contributed by atoms with E-state index < -0.39 is 0 Å². The Morgan fingerprint density at radius 3 is 2.40 bits per heavy atom. The highest BCUT2D eigenvalue weighted by atomic mass is 15.3. The summed E-state index contributed by atoms with van der Waals surface area (Å²) in [5, 5.41) is 0. The molecule has 4 nitrogen and oxygen atoms in total. The van der Waals surface area contributed by atoms with E-state index in [4.69, 9.17) is 5.73 Å². The van der Waals surface area contributed by atoms with E-state index in [2.05, 4.69) is 28.8 Å². The minimum absolute atomic E-state index is 0.570. The molecule has 2 aliphatic rings. The summed E-state index contributed by atoms with van der Waals surface area (Å²) in [6.45, 7) is 6.78. The number of likely N-dealkylation sites (tertiary alicyclic amines) is 1. The highest BCUT2D eigenvalue weighted by Gasteiger charge is 2.32. The largest absolute Gasteiger partial charge is 0.329 e. The molecule has 2 aliphatic heterocycles. The van der Waals surface area contributed by atoms with Crippen LogP contribution in [0, 0.1) is 0 Å². The fraction of sp³-hybridized carbons (Fsp3) is 1.00. The van der Waals surface area contributed by atoms with Crippen LogP contribution in [-0.2, 0) is 0 Å². The van der Waals surface area contributed by atoms with Crippen molar-refractivity contribution in [1.29, 1.82) is 0 Å². The Labute approximate surface area is 93.0 Å². The molecule has 0 aromatic rings. The van der Waals surface area contributed by atoms with Gasteiger partial charge in [-0.15, -0.1) is 0 Å². The van der Waals surface area contributed by atoms with Crippen LogP contribution in [0.25, 0.3) is 0 Å². The van der Waals surface area contributed by atoms with Crippen LogP contribution in [0.3, 0.4) is 0 Å². The van der Waals surface area contributed by atoms with Gasteiger partial charge in [0.25, 0.3) is 0 Å². The van der Waals surface area contributed by atoms with Gasteiger partial charge in [0, 0.05) is 44.8 Å². The lowest BCUT2D eigenvalue weighted by Crippen LogP contribution is -2.58. The fourth-order valence-electron chi connectivity index (χ4n) is 2.90. The molecule has 0 radical (unpaired) electrons. The Morgan fingerprint density at radius 2 is 1.80 bits per heavy atom. The lowest BCUT2D eigenvalue weighted by Gasteiger charge is -2.42. The molecule has 0 aromatic carbocycles. The second-order valence-electron chi connectivity index (χ2n) is 5.09. The van der Waals surface area contributed by atoms with Crippen molar-refractivity contribution in [2.24, 2.45) is 5.73 Å². The smallest absolute Gasteiger partial charge is 0.0349 e. The molecule has 2 unspecified atom stereocenters. The molecule has 0 amide bonds. The van der Waals surface area contributed by atoms with E-state index in [1.165, 1.54) is 32.6 Å². The first-order chi connectivity index (χ1) is 7.20. The van der Waals surface area contributed by atoms with E-state index in [9.17, 15) is 0 Å². The van der Waals surface area contributed by atoms with Crippen molar-refractivity contribution < 1.29 is 0 Å². The summed E-state index contributed by atoms with van der Waals surface area (Å²) in [4.78, 5) is 7.47. The molecule has 0 spiro atoms. The predicted molar refractivity (Wildman–Crippen MR) is 62.9 cm³/mol. The minimum Gasteiger partial charge on any atom is -0.329 e. The molecule has 0 saturated carbocycles. The molecule has 2 fully saturated rings. The van der Waals surface area contributed by atoms with Crippen molar-refractivity contribution in [3.8, 4) is 0 Å². The summed E-state index contributed by atoms with van der Waals surface area (Å²) in [6, 6.07) is 1.32. The second-order valence-corrected chi connectivity index (χ2v) is 5.09. The zero-order valence-electron chi connectivity index (χ0n) is 10.0. The van der Waals surface area contributed by atoms with Crippen LogP contribution in [0.5, 0.6) is 0 Å². The van der Waals surface area contributed by atoms with E-state index >= 15 is 0 Å². The molecule has 4 heteroatoms. The van der Waals surface area contributed by atoms with Gasteiger partial charge < -0.3 is 15.5 Å². The van der Waals surface area contributed by atoms with Crippen molar-refractivity contribution in [2.45, 2.75) is 18.5 Å². The van der Waals surface area contributed by atoms with E-state index in [1.807, 2.05) is 0 Å². The molecule has 0 bridgehead atoms. The van der Waals surface area contributed by atoms with Gasteiger partial charge in [-0.3, -0.25) is 4.90 Å². The first-order valence-corrected chi connectivity index (χ1v) is 6.03. The van der Waals surface area contributed by atoms with Gasteiger partial charge >= 0.3 is 0 Å². The highest BCUT2D eigenvalue weighted by Crippen LogP contribution is 2.19. The summed E-state index contributed by atoms with van der Waals surface area (Å²) >= 11 is 0. The molecule has 2 N–H and O–H groups in total. The Balaban J connectivity index is 1.95. The van der Waals surface area contributed by atoms with Crippen molar-refractivity contribution in [3.05, 3.63) is 0 Å². The summed E-state index contributed by atoms with van der Waals surface area (Å²) in [5.74, 6) is 0. The lowest BCUT2D eigenvalue weighted by atomic mass is 10.1. The van der Waals surface area contributed by atoms with E-state index in [0.29, 0.717) is 6.04 Å². The third kappa shape index (κ3) is 2.50. The molecule has 88 valence electrons. The van der Waals surface area contributed by atoms with Crippen LogP contribution >= 0.6 is 0 Å². The van der Waals surface area contributed by atoms with Crippen LogP contribution in [0.1, 0.15) is 6.42 Å². The Hall–Kier alpha value is -0.160. The van der Waals surface area contributed by atoms with Crippen LogP contribution < -0.4 is 5.73 Å². The van der Waals surface area contributed by atoms with Crippen molar-refractivity contribution in [2.75, 3.05) is 53.4 Å². The lowest BCUT2D eigenvalue weighted by molar-refractivity contribution is 0.0596. The highest BCUT2D eigenvalue weighted by molar-refractivity contribution is 4.90. The molecule has 15 heavy (non-hydrogen) atoms. The first-order valence-electron chi connectivity index (χ1n) is 6.03. The standard InChI is InChI=1S/C11H24N4/c1-13-4-3-10(8-13)15-6-5-14(2)9-11(15)7-12/h10-11H,3-9,12H2,1-2H3. The summed E-state index contributed by atoms with van der Waals surface area (Å²) in [6.07, 6.45) is 1.32. The van der Waals surface area contributed by atoms with Crippen molar-refractivity contribution in [1.82, 2.24) is 14.7 Å². The summed E-state index contributed by atoms with van der Waals surface area (Å²) in [5.41, 5.74) is 5.88. The monoisotopic (exact) mass is 212 g/mol. The fourth-order valence-corrected chi connectivity index (χ4v) is 2.90. The summed E-state index contributed by atoms with van der Waals surface area (Å²) in [7, 11) is 4.41. The minimum atomic E-state index is 0.570. The van der Waals surface area contributed by atoms with Crippen molar-refractivity contribution >= 4 is 0 Å².